The third-order valence-electron chi connectivity index (χ3n) is 5.32. The predicted molar refractivity (Wildman–Crippen MR) is 123 cm³/mol. The van der Waals surface area contributed by atoms with Gasteiger partial charge in [-0.15, -0.1) is 11.3 Å². The van der Waals surface area contributed by atoms with Gasteiger partial charge in [0.25, 0.3) is 0 Å². The Balaban J connectivity index is 2.03. The molecule has 1 aromatic heterocycles. The molecule has 0 fully saturated rings. The maximum Gasteiger partial charge on any atom is 0.235 e. The summed E-state index contributed by atoms with van der Waals surface area (Å²) in [5.41, 5.74) is 12.8. The number of primary amides is 1. The van der Waals surface area contributed by atoms with Gasteiger partial charge in [-0.1, -0.05) is 55.8 Å². The van der Waals surface area contributed by atoms with Crippen molar-refractivity contribution in [3.63, 3.8) is 0 Å². The summed E-state index contributed by atoms with van der Waals surface area (Å²) < 4.78 is 27.8. The second kappa shape index (κ2) is 9.86. The van der Waals surface area contributed by atoms with Crippen LogP contribution >= 0.6 is 11.3 Å². The van der Waals surface area contributed by atoms with Crippen molar-refractivity contribution >= 4 is 37.3 Å². The summed E-state index contributed by atoms with van der Waals surface area (Å²) in [7, 11) is -3.93. The van der Waals surface area contributed by atoms with E-state index in [0.717, 1.165) is 10.2 Å². The van der Waals surface area contributed by atoms with Crippen LogP contribution in [0.25, 0.3) is 10.2 Å². The summed E-state index contributed by atoms with van der Waals surface area (Å²) in [6.45, 7) is 1.88. The van der Waals surface area contributed by atoms with E-state index in [2.05, 4.69) is 4.98 Å². The van der Waals surface area contributed by atoms with Gasteiger partial charge in [0, 0.05) is 5.92 Å². The summed E-state index contributed by atoms with van der Waals surface area (Å²) in [5, 5.41) is 10.3. The number of aromatic nitrogens is 1. The van der Waals surface area contributed by atoms with Crippen LogP contribution < -0.4 is 11.5 Å². The lowest BCUT2D eigenvalue weighted by Crippen LogP contribution is -2.54. The van der Waals surface area contributed by atoms with Gasteiger partial charge >= 0.3 is 0 Å². The molecule has 0 spiro atoms. The van der Waals surface area contributed by atoms with E-state index in [1.807, 2.05) is 31.2 Å². The number of rotatable bonds is 10. The Labute approximate surface area is 186 Å². The van der Waals surface area contributed by atoms with Crippen LogP contribution in [0.5, 0.6) is 0 Å². The maximum atomic E-state index is 13.5. The number of hydrogen-bond donors (Lipinski definition) is 3. The number of thiazole rings is 1. The molecule has 0 radical (unpaired) electrons. The van der Waals surface area contributed by atoms with Crippen molar-refractivity contribution in [1.29, 1.82) is 0 Å². The Morgan fingerprint density at radius 3 is 2.39 bits per heavy atom. The molecule has 2 aromatic carbocycles. The Morgan fingerprint density at radius 2 is 1.77 bits per heavy atom. The molecule has 0 aliphatic carbocycles. The van der Waals surface area contributed by atoms with Crippen molar-refractivity contribution < 1.29 is 18.3 Å². The Morgan fingerprint density at radius 1 is 1.13 bits per heavy atom. The van der Waals surface area contributed by atoms with E-state index in [9.17, 15) is 18.3 Å². The van der Waals surface area contributed by atoms with Crippen LogP contribution in [0.3, 0.4) is 0 Å². The van der Waals surface area contributed by atoms with Crippen LogP contribution in [-0.4, -0.2) is 35.7 Å². The van der Waals surface area contributed by atoms with Crippen LogP contribution in [0.15, 0.2) is 54.6 Å². The first-order valence-corrected chi connectivity index (χ1v) is 12.6. The molecule has 9 heteroatoms. The van der Waals surface area contributed by atoms with Crippen molar-refractivity contribution in [2.45, 2.75) is 42.9 Å². The van der Waals surface area contributed by atoms with Crippen molar-refractivity contribution in [3.8, 4) is 0 Å². The fourth-order valence-corrected chi connectivity index (χ4v) is 7.13. The largest absolute Gasteiger partial charge is 0.386 e. The summed E-state index contributed by atoms with van der Waals surface area (Å²) in [4.78, 5) is 16.5. The molecule has 1 amide bonds. The molecule has 0 bridgehead atoms. The molecule has 4 atom stereocenters. The van der Waals surface area contributed by atoms with Gasteiger partial charge in [-0.05, 0) is 24.1 Å². The highest BCUT2D eigenvalue weighted by atomic mass is 32.2. The van der Waals surface area contributed by atoms with E-state index >= 15 is 0 Å². The van der Waals surface area contributed by atoms with Gasteiger partial charge < -0.3 is 16.6 Å². The SMILES string of the molecule is CCCC(C(O)c1nc2ccccc2s1)C(C(N)C(N)=O)S(=O)(=O)Cc1ccccc1. The number of hydrogen-bond acceptors (Lipinski definition) is 7. The predicted octanol–water partition coefficient (Wildman–Crippen LogP) is 2.54. The van der Waals surface area contributed by atoms with Gasteiger partial charge in [-0.2, -0.15) is 0 Å². The zero-order chi connectivity index (χ0) is 22.6. The number of carbonyl (C=O) groups excluding carboxylic acids is 1. The monoisotopic (exact) mass is 461 g/mol. The molecule has 166 valence electrons. The number of aliphatic hydroxyl groups excluding tert-OH is 1. The van der Waals surface area contributed by atoms with Crippen molar-refractivity contribution in [1.82, 2.24) is 4.98 Å². The summed E-state index contributed by atoms with van der Waals surface area (Å²) in [5.74, 6) is -2.05. The first-order valence-electron chi connectivity index (χ1n) is 10.1. The van der Waals surface area contributed by atoms with Crippen LogP contribution in [0.4, 0.5) is 0 Å². The van der Waals surface area contributed by atoms with Crippen molar-refractivity contribution in [2.75, 3.05) is 0 Å². The van der Waals surface area contributed by atoms with Gasteiger partial charge in [0.2, 0.25) is 5.91 Å². The topological polar surface area (TPSA) is 136 Å². The molecular formula is C22H27N3O4S2. The van der Waals surface area contributed by atoms with Crippen LogP contribution in [0.2, 0.25) is 0 Å². The average molecular weight is 462 g/mol. The smallest absolute Gasteiger partial charge is 0.235 e. The lowest BCUT2D eigenvalue weighted by Gasteiger charge is -2.32. The first kappa shape index (κ1) is 23.3. The lowest BCUT2D eigenvalue weighted by atomic mass is 9.89. The van der Waals surface area contributed by atoms with Gasteiger partial charge in [0.15, 0.2) is 9.84 Å². The highest BCUT2D eigenvalue weighted by Crippen LogP contribution is 2.37. The number of benzene rings is 2. The Kier molecular flexibility index (Phi) is 7.42. The van der Waals surface area contributed by atoms with E-state index in [1.165, 1.54) is 11.3 Å². The number of amides is 1. The molecule has 0 aliphatic rings. The molecule has 5 N–H and O–H groups in total. The summed E-state index contributed by atoms with van der Waals surface area (Å²) in [6.07, 6.45) is -0.259. The quantitative estimate of drug-likeness (QED) is 0.424. The van der Waals surface area contributed by atoms with Crippen LogP contribution in [0, 0.1) is 5.92 Å². The fourth-order valence-electron chi connectivity index (χ4n) is 3.86. The molecule has 0 aliphatic heterocycles. The molecule has 31 heavy (non-hydrogen) atoms. The summed E-state index contributed by atoms with van der Waals surface area (Å²) in [6, 6.07) is 14.7. The molecule has 3 rings (SSSR count). The van der Waals surface area contributed by atoms with Crippen molar-refractivity contribution in [3.05, 3.63) is 65.2 Å². The molecule has 4 unspecified atom stereocenters. The molecule has 7 nitrogen and oxygen atoms in total. The lowest BCUT2D eigenvalue weighted by molar-refractivity contribution is -0.119. The number of nitrogens with zero attached hydrogens (tertiary/aromatic N) is 1. The zero-order valence-corrected chi connectivity index (χ0v) is 18.9. The average Bonchev–Trinajstić information content (AvgIpc) is 3.17. The third kappa shape index (κ3) is 5.30. The maximum absolute atomic E-state index is 13.5. The minimum Gasteiger partial charge on any atom is -0.386 e. The normalized spacial score (nSPS) is 16.0. The van der Waals surface area contributed by atoms with E-state index in [1.54, 1.807) is 30.3 Å². The molecule has 3 aromatic rings. The third-order valence-corrected chi connectivity index (χ3v) is 8.64. The summed E-state index contributed by atoms with van der Waals surface area (Å²) >= 11 is 1.30. The highest BCUT2D eigenvalue weighted by molar-refractivity contribution is 7.91. The minimum absolute atomic E-state index is 0.299. The zero-order valence-electron chi connectivity index (χ0n) is 17.2. The number of sulfone groups is 1. The van der Waals surface area contributed by atoms with E-state index < -0.39 is 39.1 Å². The van der Waals surface area contributed by atoms with Gasteiger partial charge in [0.05, 0.1) is 21.2 Å². The van der Waals surface area contributed by atoms with E-state index in [4.69, 9.17) is 11.5 Å². The standard InChI is InChI=1S/C22H27N3O4S2/c1-2-8-15(19(26)22-25-16-11-6-7-12-17(16)30-22)20(18(23)21(24)27)31(28,29)13-14-9-4-3-5-10-14/h3-7,9-12,15,18-20,26H,2,8,13,23H2,1H3,(H2,24,27). The van der Waals surface area contributed by atoms with Crippen LogP contribution in [-0.2, 0) is 20.4 Å². The number of aliphatic hydroxyl groups is 1. The van der Waals surface area contributed by atoms with E-state index in [0.29, 0.717) is 23.4 Å². The molecule has 0 saturated heterocycles. The Bertz CT molecular complexity index is 1100. The van der Waals surface area contributed by atoms with Crippen LogP contribution in [0.1, 0.15) is 36.4 Å². The number of para-hydroxylation sites is 1. The first-order chi connectivity index (χ1) is 14.7. The number of fused-ring (bicyclic) bond motifs is 1. The molecule has 0 saturated carbocycles. The minimum atomic E-state index is -3.93. The highest BCUT2D eigenvalue weighted by Gasteiger charge is 2.44. The second-order valence-electron chi connectivity index (χ2n) is 7.60. The van der Waals surface area contributed by atoms with Crippen molar-refractivity contribution in [2.24, 2.45) is 17.4 Å². The van der Waals surface area contributed by atoms with E-state index in [-0.39, 0.29) is 5.75 Å². The Hall–Kier alpha value is -2.33. The second-order valence-corrected chi connectivity index (χ2v) is 10.8. The number of carbonyl (C=O) groups is 1. The van der Waals surface area contributed by atoms with Gasteiger partial charge in [0.1, 0.15) is 17.2 Å². The number of nitrogens with two attached hydrogens (primary N) is 2. The van der Waals surface area contributed by atoms with Gasteiger partial charge in [-0.3, -0.25) is 4.79 Å². The molecular weight excluding hydrogens is 434 g/mol. The molecule has 1 heterocycles. The fraction of sp³-hybridized carbons (Fsp3) is 0.364. The van der Waals surface area contributed by atoms with Gasteiger partial charge in [-0.25, -0.2) is 13.4 Å².